The molecule has 1 heterocycles. The summed E-state index contributed by atoms with van der Waals surface area (Å²) < 4.78 is 5.91. The second kappa shape index (κ2) is 3.88. The van der Waals surface area contributed by atoms with Crippen LogP contribution in [-0.2, 0) is 9.53 Å². The van der Waals surface area contributed by atoms with Crippen LogP contribution in [0.15, 0.2) is 23.4 Å². The molecule has 0 aromatic carbocycles. The smallest absolute Gasteiger partial charge is 0.252 e. The Morgan fingerprint density at radius 1 is 1.41 bits per heavy atom. The van der Waals surface area contributed by atoms with E-state index in [0.717, 1.165) is 19.3 Å². The van der Waals surface area contributed by atoms with E-state index in [1.54, 1.807) is 6.08 Å². The van der Waals surface area contributed by atoms with Crippen LogP contribution in [0.25, 0.3) is 0 Å². The number of amides is 1. The lowest BCUT2D eigenvalue weighted by atomic mass is 9.97. The van der Waals surface area contributed by atoms with Crippen molar-refractivity contribution in [2.75, 3.05) is 6.61 Å². The molecule has 3 aliphatic rings. The van der Waals surface area contributed by atoms with Gasteiger partial charge in [0.1, 0.15) is 0 Å². The molecule has 0 aromatic rings. The lowest BCUT2D eigenvalue weighted by Gasteiger charge is -2.27. The van der Waals surface area contributed by atoms with Gasteiger partial charge in [-0.15, -0.1) is 0 Å². The van der Waals surface area contributed by atoms with E-state index in [9.17, 15) is 4.79 Å². The van der Waals surface area contributed by atoms with Crippen LogP contribution < -0.4 is 11.1 Å². The van der Waals surface area contributed by atoms with Gasteiger partial charge in [-0.25, -0.2) is 0 Å². The number of carbonyl (C=O) groups is 1. The minimum absolute atomic E-state index is 0.0312. The van der Waals surface area contributed by atoms with Gasteiger partial charge in [0.05, 0.1) is 23.8 Å². The van der Waals surface area contributed by atoms with Crippen LogP contribution >= 0.6 is 0 Å². The molecule has 0 bridgehead atoms. The molecule has 92 valence electrons. The summed E-state index contributed by atoms with van der Waals surface area (Å²) in [5.41, 5.74) is 6.92. The average molecular weight is 234 g/mol. The average Bonchev–Trinajstić information content (AvgIpc) is 2.69. The summed E-state index contributed by atoms with van der Waals surface area (Å²) >= 11 is 0. The standard InChI is InChI=1S/C13H18N2O2/c14-9-4-3-5-10-11(9)12(16)15-13(8-17-10)6-1-2-7-13/h3-4,10H,1-2,5-8,14H2,(H,15,16). The molecule has 0 aromatic heterocycles. The van der Waals surface area contributed by atoms with Crippen LogP contribution in [0.5, 0.6) is 0 Å². The van der Waals surface area contributed by atoms with Crippen molar-refractivity contribution in [2.24, 2.45) is 5.73 Å². The van der Waals surface area contributed by atoms with E-state index < -0.39 is 0 Å². The van der Waals surface area contributed by atoms with E-state index in [1.807, 2.05) is 6.08 Å². The van der Waals surface area contributed by atoms with Gasteiger partial charge in [0.2, 0.25) is 0 Å². The quantitative estimate of drug-likeness (QED) is 0.657. The van der Waals surface area contributed by atoms with Crippen LogP contribution in [0, 0.1) is 0 Å². The number of nitrogens with one attached hydrogen (secondary N) is 1. The Balaban J connectivity index is 1.92. The monoisotopic (exact) mass is 234 g/mol. The van der Waals surface area contributed by atoms with Gasteiger partial charge in [-0.2, -0.15) is 0 Å². The highest BCUT2D eigenvalue weighted by Gasteiger charge is 2.41. The molecule has 1 spiro atoms. The number of carbonyl (C=O) groups excluding carboxylic acids is 1. The molecule has 1 unspecified atom stereocenters. The van der Waals surface area contributed by atoms with Gasteiger partial charge in [0, 0.05) is 5.70 Å². The maximum atomic E-state index is 12.3. The summed E-state index contributed by atoms with van der Waals surface area (Å²) in [4.78, 5) is 12.3. The molecule has 2 aliphatic carbocycles. The van der Waals surface area contributed by atoms with Crippen molar-refractivity contribution in [1.82, 2.24) is 5.32 Å². The Morgan fingerprint density at radius 2 is 2.18 bits per heavy atom. The van der Waals surface area contributed by atoms with Crippen LogP contribution in [0.3, 0.4) is 0 Å². The first-order valence-corrected chi connectivity index (χ1v) is 6.31. The fourth-order valence-corrected chi connectivity index (χ4v) is 3.07. The maximum absolute atomic E-state index is 12.3. The second-order valence-electron chi connectivity index (χ2n) is 5.25. The molecule has 3 N–H and O–H groups in total. The van der Waals surface area contributed by atoms with E-state index in [4.69, 9.17) is 10.5 Å². The predicted molar refractivity (Wildman–Crippen MR) is 64.1 cm³/mol. The fraction of sp³-hybridized carbons (Fsp3) is 0.615. The molecule has 2 fully saturated rings. The predicted octanol–water partition coefficient (Wildman–Crippen LogP) is 0.987. The maximum Gasteiger partial charge on any atom is 0.252 e. The number of allylic oxidation sites excluding steroid dienone is 1. The first-order valence-electron chi connectivity index (χ1n) is 6.31. The highest BCUT2D eigenvalue weighted by Crippen LogP contribution is 2.34. The number of nitrogens with two attached hydrogens (primary N) is 1. The summed E-state index contributed by atoms with van der Waals surface area (Å²) in [7, 11) is 0. The molecule has 4 nitrogen and oxygen atoms in total. The normalized spacial score (nSPS) is 31.3. The van der Waals surface area contributed by atoms with Gasteiger partial charge < -0.3 is 15.8 Å². The van der Waals surface area contributed by atoms with E-state index in [1.165, 1.54) is 12.8 Å². The summed E-state index contributed by atoms with van der Waals surface area (Å²) in [5.74, 6) is -0.0312. The van der Waals surface area contributed by atoms with Crippen molar-refractivity contribution in [3.05, 3.63) is 23.4 Å². The van der Waals surface area contributed by atoms with Crippen LogP contribution in [0.2, 0.25) is 0 Å². The fourth-order valence-electron chi connectivity index (χ4n) is 3.07. The summed E-state index contributed by atoms with van der Waals surface area (Å²) in [5, 5.41) is 3.15. The third-order valence-corrected chi connectivity index (χ3v) is 4.03. The zero-order valence-electron chi connectivity index (χ0n) is 9.87. The van der Waals surface area contributed by atoms with Crippen molar-refractivity contribution in [3.8, 4) is 0 Å². The molecule has 4 heteroatoms. The second-order valence-corrected chi connectivity index (χ2v) is 5.25. The molecule has 1 saturated heterocycles. The largest absolute Gasteiger partial charge is 0.398 e. The van der Waals surface area contributed by atoms with E-state index in [0.29, 0.717) is 17.9 Å². The van der Waals surface area contributed by atoms with Crippen LogP contribution in [0.1, 0.15) is 32.1 Å². The van der Waals surface area contributed by atoms with Crippen LogP contribution in [-0.4, -0.2) is 24.2 Å². The number of hydrogen-bond donors (Lipinski definition) is 2. The molecule has 1 amide bonds. The highest BCUT2D eigenvalue weighted by molar-refractivity contribution is 5.96. The van der Waals surface area contributed by atoms with Crippen molar-refractivity contribution < 1.29 is 9.53 Å². The van der Waals surface area contributed by atoms with Gasteiger partial charge >= 0.3 is 0 Å². The zero-order chi connectivity index (χ0) is 11.9. The van der Waals surface area contributed by atoms with Crippen LogP contribution in [0.4, 0.5) is 0 Å². The molecule has 1 aliphatic heterocycles. The van der Waals surface area contributed by atoms with Crippen molar-refractivity contribution in [2.45, 2.75) is 43.7 Å². The lowest BCUT2D eigenvalue weighted by Crippen LogP contribution is -2.48. The van der Waals surface area contributed by atoms with E-state index in [2.05, 4.69) is 5.32 Å². The first-order chi connectivity index (χ1) is 8.20. The lowest BCUT2D eigenvalue weighted by molar-refractivity contribution is -0.119. The number of ether oxygens (including phenoxy) is 1. The SMILES string of the molecule is NC1=C2C(=O)NC3(CCCC3)COC2CC=C1. The number of rotatable bonds is 0. The minimum Gasteiger partial charge on any atom is -0.398 e. The molecule has 3 rings (SSSR count). The van der Waals surface area contributed by atoms with E-state index in [-0.39, 0.29) is 17.6 Å². The Kier molecular flexibility index (Phi) is 2.47. The molecular formula is C13H18N2O2. The first kappa shape index (κ1) is 10.8. The Morgan fingerprint density at radius 3 is 2.94 bits per heavy atom. The van der Waals surface area contributed by atoms with Gasteiger partial charge in [-0.3, -0.25) is 4.79 Å². The van der Waals surface area contributed by atoms with Gasteiger partial charge in [0.15, 0.2) is 0 Å². The van der Waals surface area contributed by atoms with Gasteiger partial charge in [0.25, 0.3) is 5.91 Å². The third kappa shape index (κ3) is 1.76. The number of hydrogen-bond acceptors (Lipinski definition) is 3. The summed E-state index contributed by atoms with van der Waals surface area (Å²) in [6.07, 6.45) is 8.75. The van der Waals surface area contributed by atoms with Gasteiger partial charge in [-0.1, -0.05) is 18.9 Å². The minimum atomic E-state index is -0.153. The topological polar surface area (TPSA) is 64.4 Å². The molecule has 17 heavy (non-hydrogen) atoms. The van der Waals surface area contributed by atoms with Crippen molar-refractivity contribution >= 4 is 5.91 Å². The van der Waals surface area contributed by atoms with E-state index >= 15 is 0 Å². The molecule has 1 saturated carbocycles. The van der Waals surface area contributed by atoms with Gasteiger partial charge in [-0.05, 0) is 25.3 Å². The van der Waals surface area contributed by atoms with Crippen molar-refractivity contribution in [1.29, 1.82) is 0 Å². The molecule has 0 radical (unpaired) electrons. The summed E-state index contributed by atoms with van der Waals surface area (Å²) in [6, 6.07) is 0. The Labute approximate surface area is 101 Å². The molecule has 1 atom stereocenters. The summed E-state index contributed by atoms with van der Waals surface area (Å²) in [6.45, 7) is 0.619. The third-order valence-electron chi connectivity index (χ3n) is 4.03. The molecular weight excluding hydrogens is 216 g/mol. The Hall–Kier alpha value is -1.29. The Bertz CT molecular complexity index is 406. The highest BCUT2D eigenvalue weighted by atomic mass is 16.5. The van der Waals surface area contributed by atoms with Crippen molar-refractivity contribution in [3.63, 3.8) is 0 Å². The zero-order valence-corrected chi connectivity index (χ0v) is 9.87. The number of fused-ring (bicyclic) bond motifs is 1.